The van der Waals surface area contributed by atoms with E-state index < -0.39 is 12.0 Å². The Morgan fingerprint density at radius 3 is 2.75 bits per heavy atom. The van der Waals surface area contributed by atoms with E-state index >= 15 is 0 Å². The van der Waals surface area contributed by atoms with E-state index in [4.69, 9.17) is 4.74 Å². The van der Waals surface area contributed by atoms with Crippen LogP contribution in [0.15, 0.2) is 0 Å². The molecule has 1 heterocycles. The Balaban J connectivity index is 1.85. The second kappa shape index (κ2) is 7.17. The van der Waals surface area contributed by atoms with E-state index in [0.29, 0.717) is 24.8 Å². The van der Waals surface area contributed by atoms with Crippen molar-refractivity contribution in [3.05, 3.63) is 0 Å². The molecule has 0 aromatic rings. The zero-order valence-corrected chi connectivity index (χ0v) is 12.5. The van der Waals surface area contributed by atoms with Gasteiger partial charge >= 0.3 is 12.0 Å². The lowest BCUT2D eigenvalue weighted by Crippen LogP contribution is -2.50. The first-order valence-electron chi connectivity index (χ1n) is 7.04. The van der Waals surface area contributed by atoms with Crippen molar-refractivity contribution in [1.29, 1.82) is 0 Å². The van der Waals surface area contributed by atoms with E-state index in [1.807, 2.05) is 0 Å². The molecule has 2 rings (SSSR count). The second-order valence-electron chi connectivity index (χ2n) is 5.25. The third-order valence-electron chi connectivity index (χ3n) is 3.63. The number of carbonyl (C=O) groups excluding carboxylic acids is 1. The fourth-order valence-electron chi connectivity index (χ4n) is 2.38. The summed E-state index contributed by atoms with van der Waals surface area (Å²) in [5.74, 6) is 0.0620. The average molecular weight is 302 g/mol. The first-order valence-corrected chi connectivity index (χ1v) is 8.09. The van der Waals surface area contributed by atoms with Gasteiger partial charge in [-0.2, -0.15) is 0 Å². The maximum absolute atomic E-state index is 12.2. The van der Waals surface area contributed by atoms with Gasteiger partial charge in [0.05, 0.1) is 5.37 Å². The maximum Gasteiger partial charge on any atom is 0.327 e. The Kier molecular flexibility index (Phi) is 5.54. The van der Waals surface area contributed by atoms with Crippen molar-refractivity contribution in [3.63, 3.8) is 0 Å². The number of methoxy groups -OCH3 is 1. The monoisotopic (exact) mass is 302 g/mol. The van der Waals surface area contributed by atoms with Crippen LogP contribution in [0.25, 0.3) is 0 Å². The van der Waals surface area contributed by atoms with E-state index in [1.165, 1.54) is 0 Å². The van der Waals surface area contributed by atoms with Gasteiger partial charge in [0.15, 0.2) is 0 Å². The SMILES string of the molecule is COCCCCNC(=O)N1C(C(=O)O)CSC1C1CC1. The van der Waals surface area contributed by atoms with Gasteiger partial charge in [-0.3, -0.25) is 4.90 Å². The Hall–Kier alpha value is -0.950. The first-order chi connectivity index (χ1) is 9.65. The van der Waals surface area contributed by atoms with E-state index in [9.17, 15) is 14.7 Å². The lowest BCUT2D eigenvalue weighted by molar-refractivity contribution is -0.141. The summed E-state index contributed by atoms with van der Waals surface area (Å²) in [5.41, 5.74) is 0. The molecule has 20 heavy (non-hydrogen) atoms. The van der Waals surface area contributed by atoms with Gasteiger partial charge in [-0.1, -0.05) is 0 Å². The molecule has 1 saturated heterocycles. The predicted molar refractivity (Wildman–Crippen MR) is 76.7 cm³/mol. The van der Waals surface area contributed by atoms with Gasteiger partial charge in [0.1, 0.15) is 6.04 Å². The van der Waals surface area contributed by atoms with Crippen LogP contribution in [0.1, 0.15) is 25.7 Å². The van der Waals surface area contributed by atoms with Gasteiger partial charge in [-0.05, 0) is 31.6 Å². The molecular weight excluding hydrogens is 280 g/mol. The summed E-state index contributed by atoms with van der Waals surface area (Å²) in [5, 5.41) is 12.1. The fraction of sp³-hybridized carbons (Fsp3) is 0.846. The molecule has 2 amide bonds. The number of urea groups is 1. The van der Waals surface area contributed by atoms with Gasteiger partial charge in [-0.25, -0.2) is 9.59 Å². The summed E-state index contributed by atoms with van der Waals surface area (Å²) in [6, 6.07) is -0.929. The Morgan fingerprint density at radius 1 is 1.40 bits per heavy atom. The molecule has 0 spiro atoms. The zero-order valence-electron chi connectivity index (χ0n) is 11.7. The lowest BCUT2D eigenvalue weighted by atomic mass is 10.2. The molecule has 2 unspecified atom stereocenters. The summed E-state index contributed by atoms with van der Waals surface area (Å²) < 4.78 is 4.95. The highest BCUT2D eigenvalue weighted by molar-refractivity contribution is 8.00. The summed E-state index contributed by atoms with van der Waals surface area (Å²) in [6.45, 7) is 1.24. The molecule has 7 heteroatoms. The Bertz CT molecular complexity index is 362. The number of carboxylic acid groups (broad SMARTS) is 1. The van der Waals surface area contributed by atoms with Gasteiger partial charge in [-0.15, -0.1) is 11.8 Å². The molecule has 0 bridgehead atoms. The molecule has 2 fully saturated rings. The lowest BCUT2D eigenvalue weighted by Gasteiger charge is -2.27. The molecule has 1 aliphatic heterocycles. The number of aliphatic carboxylic acids is 1. The van der Waals surface area contributed by atoms with Gasteiger partial charge < -0.3 is 15.2 Å². The van der Waals surface area contributed by atoms with E-state index in [2.05, 4.69) is 5.32 Å². The van der Waals surface area contributed by atoms with Crippen LogP contribution in [0.3, 0.4) is 0 Å². The number of carboxylic acids is 1. The number of hydrogen-bond acceptors (Lipinski definition) is 4. The van der Waals surface area contributed by atoms with Crippen molar-refractivity contribution < 1.29 is 19.4 Å². The van der Waals surface area contributed by atoms with Crippen molar-refractivity contribution in [2.75, 3.05) is 26.0 Å². The molecule has 114 valence electrons. The van der Waals surface area contributed by atoms with Crippen molar-refractivity contribution in [3.8, 4) is 0 Å². The largest absolute Gasteiger partial charge is 0.480 e. The smallest absolute Gasteiger partial charge is 0.327 e. The number of nitrogens with zero attached hydrogens (tertiary/aromatic N) is 1. The topological polar surface area (TPSA) is 78.9 Å². The molecule has 0 radical (unpaired) electrons. The average Bonchev–Trinajstić information content (AvgIpc) is 3.16. The molecular formula is C13H22N2O4S. The molecule has 0 aromatic carbocycles. The minimum absolute atomic E-state index is 0.0371. The third kappa shape index (κ3) is 3.79. The minimum atomic E-state index is -0.907. The Labute approximate surface area is 123 Å². The van der Waals surface area contributed by atoms with E-state index in [1.54, 1.807) is 23.8 Å². The van der Waals surface area contributed by atoms with Gasteiger partial charge in [0.2, 0.25) is 0 Å². The van der Waals surface area contributed by atoms with E-state index in [0.717, 1.165) is 25.7 Å². The number of carbonyl (C=O) groups is 2. The number of amides is 2. The highest BCUT2D eigenvalue weighted by Crippen LogP contribution is 2.45. The highest BCUT2D eigenvalue weighted by atomic mass is 32.2. The van der Waals surface area contributed by atoms with Crippen LogP contribution in [0, 0.1) is 5.92 Å². The van der Waals surface area contributed by atoms with Gasteiger partial charge in [0.25, 0.3) is 0 Å². The van der Waals surface area contributed by atoms with Crippen LogP contribution in [0.5, 0.6) is 0 Å². The molecule has 1 saturated carbocycles. The molecule has 2 atom stereocenters. The summed E-state index contributed by atoms with van der Waals surface area (Å²) in [4.78, 5) is 25.1. The number of nitrogens with one attached hydrogen (secondary N) is 1. The normalized spacial score (nSPS) is 25.8. The molecule has 2 N–H and O–H groups in total. The van der Waals surface area contributed by atoms with Crippen LogP contribution in [0.2, 0.25) is 0 Å². The van der Waals surface area contributed by atoms with Gasteiger partial charge in [0, 0.05) is 26.0 Å². The quantitative estimate of drug-likeness (QED) is 0.694. The third-order valence-corrected chi connectivity index (χ3v) is 5.09. The number of ether oxygens (including phenoxy) is 1. The number of hydrogen-bond donors (Lipinski definition) is 2. The first kappa shape index (κ1) is 15.4. The number of unbranched alkanes of at least 4 members (excludes halogenated alkanes) is 1. The number of rotatable bonds is 7. The summed E-state index contributed by atoms with van der Waals surface area (Å²) in [6.07, 6.45) is 3.93. The molecule has 1 aliphatic carbocycles. The molecule has 6 nitrogen and oxygen atoms in total. The summed E-state index contributed by atoms with van der Waals surface area (Å²) in [7, 11) is 1.65. The van der Waals surface area contributed by atoms with E-state index in [-0.39, 0.29) is 11.4 Å². The highest BCUT2D eigenvalue weighted by Gasteiger charge is 2.47. The van der Waals surface area contributed by atoms with Crippen LogP contribution >= 0.6 is 11.8 Å². The Morgan fingerprint density at radius 2 is 2.15 bits per heavy atom. The molecule has 0 aromatic heterocycles. The van der Waals surface area contributed by atoms with Crippen molar-refractivity contribution >= 4 is 23.8 Å². The van der Waals surface area contributed by atoms with Crippen molar-refractivity contribution in [2.45, 2.75) is 37.1 Å². The van der Waals surface area contributed by atoms with Crippen molar-refractivity contribution in [2.24, 2.45) is 5.92 Å². The van der Waals surface area contributed by atoms with Crippen molar-refractivity contribution in [1.82, 2.24) is 10.2 Å². The van der Waals surface area contributed by atoms with Crippen LogP contribution in [-0.4, -0.2) is 59.4 Å². The number of thioether (sulfide) groups is 1. The standard InChI is InChI=1S/C13H22N2O4S/c1-19-7-3-2-6-14-13(18)15-10(12(16)17)8-20-11(15)9-4-5-9/h9-11H,2-8H2,1H3,(H,14,18)(H,16,17). The fourth-order valence-corrected chi connectivity index (χ4v) is 4.01. The maximum atomic E-state index is 12.2. The van der Waals surface area contributed by atoms with Crippen LogP contribution < -0.4 is 5.32 Å². The zero-order chi connectivity index (χ0) is 14.5. The predicted octanol–water partition coefficient (Wildman–Crippen LogP) is 1.36. The van der Waals surface area contributed by atoms with Crippen LogP contribution in [0.4, 0.5) is 4.79 Å². The summed E-state index contributed by atoms with van der Waals surface area (Å²) >= 11 is 1.60. The second-order valence-corrected chi connectivity index (χ2v) is 6.40. The van der Waals surface area contributed by atoms with Crippen LogP contribution in [-0.2, 0) is 9.53 Å². The minimum Gasteiger partial charge on any atom is -0.480 e. The molecule has 2 aliphatic rings.